The van der Waals surface area contributed by atoms with Crippen molar-refractivity contribution in [1.82, 2.24) is 10.6 Å². The van der Waals surface area contributed by atoms with Crippen LogP contribution in [0.2, 0.25) is 0 Å². The Balaban J connectivity index is 2.44. The lowest BCUT2D eigenvalue weighted by molar-refractivity contribution is -0.142. The van der Waals surface area contributed by atoms with Crippen molar-refractivity contribution in [2.45, 2.75) is 70.9 Å². The Kier molecular flexibility index (Phi) is 7.19. The van der Waals surface area contributed by atoms with Crippen LogP contribution < -0.4 is 10.6 Å². The fraction of sp³-hybridized carbons (Fsp3) is 0.800. The van der Waals surface area contributed by atoms with Crippen LogP contribution in [0.3, 0.4) is 0 Å². The molecule has 1 saturated carbocycles. The molecule has 0 heterocycles. The third-order valence-corrected chi connectivity index (χ3v) is 3.94. The summed E-state index contributed by atoms with van der Waals surface area (Å²) in [6.45, 7) is 3.55. The molecular weight excluding hydrogens is 272 g/mol. The summed E-state index contributed by atoms with van der Waals surface area (Å²) in [6, 6.07) is -1.59. The van der Waals surface area contributed by atoms with Gasteiger partial charge in [0, 0.05) is 5.92 Å². The van der Waals surface area contributed by atoms with Crippen molar-refractivity contribution in [1.29, 1.82) is 0 Å². The topological polar surface area (TPSA) is 95.5 Å². The highest BCUT2D eigenvalue weighted by Crippen LogP contribution is 2.24. The maximum absolute atomic E-state index is 12.0. The number of aliphatic carboxylic acids is 1. The number of unbranched alkanes of at least 4 members (excludes halogenated alkanes) is 1. The molecule has 1 aliphatic carbocycles. The maximum atomic E-state index is 12.0. The highest BCUT2D eigenvalue weighted by Gasteiger charge is 2.27. The van der Waals surface area contributed by atoms with Crippen LogP contribution in [-0.2, 0) is 14.4 Å². The minimum absolute atomic E-state index is 0.00406. The number of carbonyl (C=O) groups excluding carboxylic acids is 2. The minimum Gasteiger partial charge on any atom is -0.480 e. The molecule has 1 rings (SSSR count). The normalized spacial score (nSPS) is 18.0. The molecule has 0 radical (unpaired) electrons. The van der Waals surface area contributed by atoms with E-state index >= 15 is 0 Å². The first kappa shape index (κ1) is 17.5. The Morgan fingerprint density at radius 3 is 2.33 bits per heavy atom. The molecule has 0 aromatic carbocycles. The van der Waals surface area contributed by atoms with E-state index in [0.29, 0.717) is 6.42 Å². The molecule has 2 amide bonds. The van der Waals surface area contributed by atoms with Crippen molar-refractivity contribution >= 4 is 17.8 Å². The van der Waals surface area contributed by atoms with E-state index in [2.05, 4.69) is 10.6 Å². The molecule has 1 fully saturated rings. The van der Waals surface area contributed by atoms with Crippen LogP contribution in [0.4, 0.5) is 0 Å². The highest BCUT2D eigenvalue weighted by atomic mass is 16.4. The second kappa shape index (κ2) is 8.64. The van der Waals surface area contributed by atoms with Gasteiger partial charge in [-0.1, -0.05) is 32.6 Å². The number of amides is 2. The zero-order valence-electron chi connectivity index (χ0n) is 12.9. The first-order valence-corrected chi connectivity index (χ1v) is 7.79. The van der Waals surface area contributed by atoms with E-state index < -0.39 is 24.0 Å². The van der Waals surface area contributed by atoms with Crippen LogP contribution in [0.1, 0.15) is 58.8 Å². The van der Waals surface area contributed by atoms with E-state index in [1.807, 2.05) is 6.92 Å². The zero-order valence-corrected chi connectivity index (χ0v) is 12.9. The number of rotatable bonds is 8. The lowest BCUT2D eigenvalue weighted by Gasteiger charge is -2.20. The van der Waals surface area contributed by atoms with Crippen LogP contribution in [0.25, 0.3) is 0 Å². The molecule has 1 aliphatic rings. The van der Waals surface area contributed by atoms with Gasteiger partial charge in [-0.25, -0.2) is 4.79 Å². The molecule has 0 spiro atoms. The predicted octanol–water partition coefficient (Wildman–Crippen LogP) is 1.44. The van der Waals surface area contributed by atoms with E-state index in [0.717, 1.165) is 38.5 Å². The molecule has 120 valence electrons. The smallest absolute Gasteiger partial charge is 0.326 e. The quantitative estimate of drug-likeness (QED) is 0.632. The lowest BCUT2D eigenvalue weighted by atomic mass is 10.1. The van der Waals surface area contributed by atoms with Crippen molar-refractivity contribution in [3.05, 3.63) is 0 Å². The number of carbonyl (C=O) groups is 3. The first-order chi connectivity index (χ1) is 9.95. The van der Waals surface area contributed by atoms with Gasteiger partial charge in [0.25, 0.3) is 0 Å². The molecule has 0 saturated heterocycles. The van der Waals surface area contributed by atoms with Gasteiger partial charge in [-0.2, -0.15) is 0 Å². The average molecular weight is 298 g/mol. The molecule has 6 nitrogen and oxygen atoms in total. The van der Waals surface area contributed by atoms with Crippen LogP contribution in [-0.4, -0.2) is 35.0 Å². The van der Waals surface area contributed by atoms with Crippen LogP contribution in [0, 0.1) is 5.92 Å². The van der Waals surface area contributed by atoms with E-state index in [-0.39, 0.29) is 11.8 Å². The van der Waals surface area contributed by atoms with Gasteiger partial charge in [-0.05, 0) is 26.2 Å². The fourth-order valence-electron chi connectivity index (χ4n) is 2.55. The predicted molar refractivity (Wildman–Crippen MR) is 78.7 cm³/mol. The van der Waals surface area contributed by atoms with Gasteiger partial charge in [0.05, 0.1) is 0 Å². The third-order valence-electron chi connectivity index (χ3n) is 3.94. The van der Waals surface area contributed by atoms with Gasteiger partial charge in [-0.15, -0.1) is 0 Å². The Morgan fingerprint density at radius 1 is 1.19 bits per heavy atom. The van der Waals surface area contributed by atoms with Crippen LogP contribution >= 0.6 is 0 Å². The Hall–Kier alpha value is -1.59. The summed E-state index contributed by atoms with van der Waals surface area (Å²) < 4.78 is 0. The molecule has 21 heavy (non-hydrogen) atoms. The SMILES string of the molecule is CCCCC(NC(=O)C(C)NC(=O)C1CCCC1)C(=O)O. The Bertz CT molecular complexity index is 378. The van der Waals surface area contributed by atoms with Crippen molar-refractivity contribution < 1.29 is 19.5 Å². The molecule has 0 aliphatic heterocycles. The number of hydrogen-bond acceptors (Lipinski definition) is 3. The molecule has 3 N–H and O–H groups in total. The molecule has 2 atom stereocenters. The second-order valence-corrected chi connectivity index (χ2v) is 5.75. The number of carboxylic acids is 1. The van der Waals surface area contributed by atoms with Gasteiger partial charge in [0.15, 0.2) is 0 Å². The Labute approximate surface area is 125 Å². The van der Waals surface area contributed by atoms with Crippen molar-refractivity contribution in [2.75, 3.05) is 0 Å². The summed E-state index contributed by atoms with van der Waals surface area (Å²) in [4.78, 5) is 35.0. The van der Waals surface area contributed by atoms with Crippen LogP contribution in [0.5, 0.6) is 0 Å². The van der Waals surface area contributed by atoms with Gasteiger partial charge in [-0.3, -0.25) is 9.59 Å². The van der Waals surface area contributed by atoms with Crippen LogP contribution in [0.15, 0.2) is 0 Å². The molecule has 6 heteroatoms. The molecular formula is C15H26N2O4. The maximum Gasteiger partial charge on any atom is 0.326 e. The Morgan fingerprint density at radius 2 is 1.81 bits per heavy atom. The standard InChI is InChI=1S/C15H26N2O4/c1-3-4-9-12(15(20)21)17-13(18)10(2)16-14(19)11-7-5-6-8-11/h10-12H,3-9H2,1-2H3,(H,16,19)(H,17,18)(H,20,21). The van der Waals surface area contributed by atoms with E-state index in [4.69, 9.17) is 5.11 Å². The van der Waals surface area contributed by atoms with Gasteiger partial charge in [0.1, 0.15) is 12.1 Å². The summed E-state index contributed by atoms with van der Waals surface area (Å²) in [7, 11) is 0. The molecule has 0 aromatic heterocycles. The van der Waals surface area contributed by atoms with Crippen molar-refractivity contribution in [3.8, 4) is 0 Å². The molecule has 0 aromatic rings. The van der Waals surface area contributed by atoms with E-state index in [9.17, 15) is 14.4 Å². The van der Waals surface area contributed by atoms with E-state index in [1.54, 1.807) is 6.92 Å². The van der Waals surface area contributed by atoms with Crippen molar-refractivity contribution in [2.24, 2.45) is 5.92 Å². The van der Waals surface area contributed by atoms with E-state index in [1.165, 1.54) is 0 Å². The summed E-state index contributed by atoms with van der Waals surface area (Å²) in [5.41, 5.74) is 0. The van der Waals surface area contributed by atoms with Gasteiger partial charge in [0.2, 0.25) is 11.8 Å². The summed E-state index contributed by atoms with van der Waals surface area (Å²) in [6.07, 6.45) is 5.85. The molecule has 2 unspecified atom stereocenters. The number of carboxylic acid groups (broad SMARTS) is 1. The minimum atomic E-state index is -1.04. The largest absolute Gasteiger partial charge is 0.480 e. The first-order valence-electron chi connectivity index (χ1n) is 7.79. The summed E-state index contributed by atoms with van der Waals surface area (Å²) >= 11 is 0. The number of hydrogen-bond donors (Lipinski definition) is 3. The third kappa shape index (κ3) is 5.73. The van der Waals surface area contributed by atoms with Crippen molar-refractivity contribution in [3.63, 3.8) is 0 Å². The molecule has 0 bridgehead atoms. The lowest BCUT2D eigenvalue weighted by Crippen LogP contribution is -2.51. The zero-order chi connectivity index (χ0) is 15.8. The highest BCUT2D eigenvalue weighted by molar-refractivity contribution is 5.90. The average Bonchev–Trinajstić information content (AvgIpc) is 2.96. The monoisotopic (exact) mass is 298 g/mol. The summed E-state index contributed by atoms with van der Waals surface area (Å²) in [5.74, 6) is -1.58. The number of nitrogens with one attached hydrogen (secondary N) is 2. The van der Waals surface area contributed by atoms with Gasteiger partial charge >= 0.3 is 5.97 Å². The van der Waals surface area contributed by atoms with Gasteiger partial charge < -0.3 is 15.7 Å². The second-order valence-electron chi connectivity index (χ2n) is 5.75. The summed E-state index contributed by atoms with van der Waals surface area (Å²) in [5, 5.41) is 14.3. The fourth-order valence-corrected chi connectivity index (χ4v) is 2.55.